The van der Waals surface area contributed by atoms with Crippen LogP contribution in [0.15, 0.2) is 0 Å². The van der Waals surface area contributed by atoms with E-state index in [0.29, 0.717) is 19.8 Å². The maximum atomic E-state index is 8.33. The quantitative estimate of drug-likeness (QED) is 0.531. The molecule has 0 aliphatic carbocycles. The van der Waals surface area contributed by atoms with E-state index in [4.69, 9.17) is 3.40 Å². The zero-order chi connectivity index (χ0) is 2.00. The Bertz CT molecular complexity index is 8.00. The summed E-state index contributed by atoms with van der Waals surface area (Å²) in [6, 6.07) is 0. The minimum absolute atomic E-state index is 0. The van der Waals surface area contributed by atoms with Crippen LogP contribution < -0.4 is 0 Å². The van der Waals surface area contributed by atoms with E-state index in [2.05, 4.69) is 0 Å². The number of hydrogen-bond acceptors (Lipinski definition) is 1. The van der Waals surface area contributed by atoms with Gasteiger partial charge in [-0.2, -0.15) is 0 Å². The van der Waals surface area contributed by atoms with E-state index in [-0.39, 0.29) is 40.6 Å². The van der Waals surface area contributed by atoms with Crippen molar-refractivity contribution in [2.24, 2.45) is 0 Å². The van der Waals surface area contributed by atoms with E-state index in [1.54, 1.807) is 0 Å². The van der Waals surface area contributed by atoms with Gasteiger partial charge in [-0.05, 0) is 0 Å². The van der Waals surface area contributed by atoms with E-state index in [9.17, 15) is 0 Å². The van der Waals surface area contributed by atoms with Crippen LogP contribution in [0.4, 0.5) is 0 Å². The Morgan fingerprint density at radius 1 is 1.25 bits per heavy atom. The van der Waals surface area contributed by atoms with Crippen LogP contribution in [0.2, 0.25) is 0 Å². The van der Waals surface area contributed by atoms with E-state index in [0.717, 1.165) is 0 Å². The number of hydrogen-bond donors (Lipinski definition) is 0. The molecule has 0 aromatic rings. The molecule has 4 heteroatoms. The van der Waals surface area contributed by atoms with Crippen molar-refractivity contribution >= 4 is 40.6 Å². The molecule has 0 saturated heterocycles. The fourth-order valence-electron chi connectivity index (χ4n) is 0. The molecular weight excluding hydrogens is 297 g/mol. The molecule has 0 heterocycles. The van der Waals surface area contributed by atoms with Gasteiger partial charge in [-0.1, -0.05) is 0 Å². The predicted molar refractivity (Wildman–Crippen MR) is 12.2 cm³/mol. The molecule has 0 aromatic heterocycles. The van der Waals surface area contributed by atoms with Gasteiger partial charge in [0.05, 0.1) is 0 Å². The van der Waals surface area contributed by atoms with Gasteiger partial charge in [0, 0.05) is 40.6 Å². The van der Waals surface area contributed by atoms with Gasteiger partial charge in [-0.25, -0.2) is 0 Å². The molecule has 0 aliphatic heterocycles. The SMILES string of the molecule is [Ge].[Mg].[O]=[W]. The van der Waals surface area contributed by atoms with Crippen molar-refractivity contribution in [2.75, 3.05) is 0 Å². The summed E-state index contributed by atoms with van der Waals surface area (Å²) < 4.78 is 8.33. The monoisotopic (exact) mass is 298 g/mol. The van der Waals surface area contributed by atoms with Crippen LogP contribution in [0, 0.1) is 0 Å². The number of rotatable bonds is 0. The fourth-order valence-corrected chi connectivity index (χ4v) is 0. The van der Waals surface area contributed by atoms with E-state index < -0.39 is 0 Å². The molecule has 0 amide bonds. The fraction of sp³-hybridized carbons (Fsp3) is 0. The van der Waals surface area contributed by atoms with Crippen molar-refractivity contribution in [1.29, 1.82) is 0 Å². The molecule has 0 spiro atoms. The standard InChI is InChI=1S/Ge.Mg.O.W. The van der Waals surface area contributed by atoms with Gasteiger partial charge in [-0.15, -0.1) is 0 Å². The van der Waals surface area contributed by atoms with Gasteiger partial charge in [-0.3, -0.25) is 0 Å². The van der Waals surface area contributed by atoms with Crippen LogP contribution in [0.25, 0.3) is 0 Å². The summed E-state index contributed by atoms with van der Waals surface area (Å²) in [5.74, 6) is 0. The molecule has 18 valence electrons. The predicted octanol–water partition coefficient (Wildman–Crippen LogP) is -0.883. The Morgan fingerprint density at radius 2 is 1.25 bits per heavy atom. The van der Waals surface area contributed by atoms with E-state index in [1.807, 2.05) is 0 Å². The van der Waals surface area contributed by atoms with Gasteiger partial charge < -0.3 is 0 Å². The topological polar surface area (TPSA) is 17.1 Å². The molecule has 1 nitrogen and oxygen atoms in total. The summed E-state index contributed by atoms with van der Waals surface area (Å²) in [5, 5.41) is 0. The molecule has 0 atom stereocenters. The van der Waals surface area contributed by atoms with Crippen LogP contribution in [0.5, 0.6) is 0 Å². The third-order valence-electron chi connectivity index (χ3n) is 0. The van der Waals surface area contributed by atoms with Crippen LogP contribution >= 0.6 is 0 Å². The normalized spacial score (nSPS) is 1.00. The molecule has 0 saturated carbocycles. The molecule has 6 radical (unpaired) electrons. The third-order valence-corrected chi connectivity index (χ3v) is 0. The second-order valence-corrected chi connectivity index (χ2v) is 0. The molecule has 0 aromatic carbocycles. The summed E-state index contributed by atoms with van der Waals surface area (Å²) >= 11 is 0.333. The summed E-state index contributed by atoms with van der Waals surface area (Å²) in [6.45, 7) is 0. The van der Waals surface area contributed by atoms with Crippen LogP contribution in [-0.4, -0.2) is 40.6 Å². The zero-order valence-corrected chi connectivity index (χ0v) is 8.47. The maximum absolute atomic E-state index is 8.33. The zero-order valence-electron chi connectivity index (χ0n) is 2.02. The van der Waals surface area contributed by atoms with Gasteiger partial charge in [0.25, 0.3) is 0 Å². The average Bonchev–Trinajstić information content (AvgIpc) is 1.00. The molecule has 4 heavy (non-hydrogen) atoms. The minimum atomic E-state index is 0. The summed E-state index contributed by atoms with van der Waals surface area (Å²) in [6.07, 6.45) is 0. The molecule has 0 N–H and O–H groups in total. The van der Waals surface area contributed by atoms with Crippen molar-refractivity contribution in [1.82, 2.24) is 0 Å². The van der Waals surface area contributed by atoms with Crippen molar-refractivity contribution in [3.05, 3.63) is 0 Å². The summed E-state index contributed by atoms with van der Waals surface area (Å²) in [7, 11) is 0. The van der Waals surface area contributed by atoms with Crippen LogP contribution in [-0.2, 0) is 23.2 Å². The van der Waals surface area contributed by atoms with E-state index in [1.165, 1.54) is 0 Å². The third kappa shape index (κ3) is 9.20. The van der Waals surface area contributed by atoms with Gasteiger partial charge >= 0.3 is 23.2 Å². The average molecular weight is 297 g/mol. The second kappa shape index (κ2) is 21.4. The Balaban J connectivity index is -0.00000000500. The summed E-state index contributed by atoms with van der Waals surface area (Å²) in [5.41, 5.74) is 0. The Labute approximate surface area is 63.2 Å². The van der Waals surface area contributed by atoms with Gasteiger partial charge in [0.15, 0.2) is 0 Å². The van der Waals surface area contributed by atoms with E-state index >= 15 is 0 Å². The van der Waals surface area contributed by atoms with Crippen LogP contribution in [0.1, 0.15) is 0 Å². The molecule has 0 rings (SSSR count). The molecule has 0 unspecified atom stereocenters. The summed E-state index contributed by atoms with van der Waals surface area (Å²) in [4.78, 5) is 0. The first-order chi connectivity index (χ1) is 1.00. The second-order valence-electron chi connectivity index (χ2n) is 0. The Hall–Kier alpha value is 1.80. The van der Waals surface area contributed by atoms with Crippen LogP contribution in [0.3, 0.4) is 0 Å². The van der Waals surface area contributed by atoms with Crippen molar-refractivity contribution < 1.29 is 23.2 Å². The molecule has 0 aliphatic rings. The molecule has 0 bridgehead atoms. The van der Waals surface area contributed by atoms with Gasteiger partial charge in [0.1, 0.15) is 0 Å². The van der Waals surface area contributed by atoms with Crippen molar-refractivity contribution in [2.45, 2.75) is 0 Å². The molecule has 0 fully saturated rings. The first-order valence-electron chi connectivity index (χ1n) is 0.167. The Morgan fingerprint density at radius 3 is 1.25 bits per heavy atom. The van der Waals surface area contributed by atoms with Crippen molar-refractivity contribution in [3.63, 3.8) is 0 Å². The Kier molecular flexibility index (Phi) is 91.3. The van der Waals surface area contributed by atoms with Crippen molar-refractivity contribution in [3.8, 4) is 0 Å². The first kappa shape index (κ1) is 17.1. The molecular formula is GeMgOW. The van der Waals surface area contributed by atoms with Gasteiger partial charge in [0.2, 0.25) is 0 Å². The first-order valence-corrected chi connectivity index (χ1v) is 1.36.